The second kappa shape index (κ2) is 10.5. The van der Waals surface area contributed by atoms with Gasteiger partial charge in [0.25, 0.3) is 0 Å². The van der Waals surface area contributed by atoms with Crippen molar-refractivity contribution in [2.45, 2.75) is 38.7 Å². The first-order valence-corrected chi connectivity index (χ1v) is 10.3. The van der Waals surface area contributed by atoms with Crippen molar-refractivity contribution in [1.29, 1.82) is 0 Å². The van der Waals surface area contributed by atoms with E-state index in [-0.39, 0.29) is 24.1 Å². The minimum Gasteiger partial charge on any atom is -0.484 e. The second-order valence-electron chi connectivity index (χ2n) is 7.58. The van der Waals surface area contributed by atoms with Crippen molar-refractivity contribution in [3.63, 3.8) is 0 Å². The van der Waals surface area contributed by atoms with Crippen LogP contribution in [0.5, 0.6) is 5.75 Å². The predicted octanol–water partition coefficient (Wildman–Crippen LogP) is 6.09. The molecule has 0 amide bonds. The molecule has 3 aromatic rings. The normalized spacial score (nSPS) is 12.0. The molecule has 2 aromatic heterocycles. The highest BCUT2D eigenvalue weighted by Crippen LogP contribution is 2.35. The van der Waals surface area contributed by atoms with E-state index in [0.29, 0.717) is 11.4 Å². The summed E-state index contributed by atoms with van der Waals surface area (Å²) < 4.78 is 116. The van der Waals surface area contributed by atoms with Crippen LogP contribution in [0.2, 0.25) is 0 Å². The monoisotopic (exact) mass is 522 g/mol. The van der Waals surface area contributed by atoms with Crippen molar-refractivity contribution >= 4 is 5.97 Å². The number of rotatable bonds is 8. The molecule has 1 aromatic carbocycles. The first-order valence-electron chi connectivity index (χ1n) is 10.3. The predicted molar refractivity (Wildman–Crippen MR) is 109 cm³/mol. The fourth-order valence-electron chi connectivity index (χ4n) is 3.25. The van der Waals surface area contributed by atoms with Gasteiger partial charge < -0.3 is 14.0 Å². The number of benzene rings is 1. The van der Waals surface area contributed by atoms with E-state index in [0.717, 1.165) is 24.4 Å². The van der Waals surface area contributed by atoms with E-state index >= 15 is 0 Å². The second-order valence-corrected chi connectivity index (χ2v) is 7.58. The SMILES string of the molecule is Cc1ccc(-n2ccc(C(F)(F)F)c2COc2ccc(CCCOC(=O)C(F)(F)F)c(F)c2F)cn1. The van der Waals surface area contributed by atoms with E-state index in [1.165, 1.54) is 16.8 Å². The molecule has 0 atom stereocenters. The number of esters is 1. The van der Waals surface area contributed by atoms with Crippen LogP contribution in [0.15, 0.2) is 42.7 Å². The highest BCUT2D eigenvalue weighted by molar-refractivity contribution is 5.75. The number of alkyl halides is 6. The highest BCUT2D eigenvalue weighted by atomic mass is 19.4. The number of hydrogen-bond donors (Lipinski definition) is 0. The minimum atomic E-state index is -5.17. The molecule has 0 saturated heterocycles. The van der Waals surface area contributed by atoms with Crippen molar-refractivity contribution in [2.75, 3.05) is 6.61 Å². The zero-order valence-corrected chi connectivity index (χ0v) is 18.5. The molecule has 0 unspecified atom stereocenters. The van der Waals surface area contributed by atoms with Crippen molar-refractivity contribution < 1.29 is 49.4 Å². The van der Waals surface area contributed by atoms with Crippen LogP contribution in [0.25, 0.3) is 5.69 Å². The average Bonchev–Trinajstić information content (AvgIpc) is 3.23. The number of carbonyl (C=O) groups excluding carboxylic acids is 1. The Morgan fingerprint density at radius 1 is 1.00 bits per heavy atom. The summed E-state index contributed by atoms with van der Waals surface area (Å²) in [5.41, 5.74) is -0.718. The Morgan fingerprint density at radius 2 is 1.72 bits per heavy atom. The number of pyridine rings is 1. The van der Waals surface area contributed by atoms with Gasteiger partial charge in [0.15, 0.2) is 11.6 Å². The molecule has 0 fully saturated rings. The molecule has 2 heterocycles. The van der Waals surface area contributed by atoms with Crippen LogP contribution >= 0.6 is 0 Å². The number of nitrogens with zero attached hydrogens (tertiary/aromatic N) is 2. The fourth-order valence-corrected chi connectivity index (χ4v) is 3.25. The van der Waals surface area contributed by atoms with Gasteiger partial charge in [0, 0.05) is 11.9 Å². The Hall–Kier alpha value is -3.64. The van der Waals surface area contributed by atoms with Gasteiger partial charge >= 0.3 is 18.3 Å². The Kier molecular flexibility index (Phi) is 7.89. The summed E-state index contributed by atoms with van der Waals surface area (Å²) in [5, 5.41) is 0. The third-order valence-electron chi connectivity index (χ3n) is 5.02. The van der Waals surface area contributed by atoms with E-state index < -0.39 is 54.5 Å². The Morgan fingerprint density at radius 3 is 2.33 bits per heavy atom. The van der Waals surface area contributed by atoms with Crippen molar-refractivity contribution in [3.05, 3.63) is 76.9 Å². The molecule has 3 rings (SSSR count). The van der Waals surface area contributed by atoms with Crippen LogP contribution in [0.3, 0.4) is 0 Å². The molecule has 0 N–H and O–H groups in total. The Balaban J connectivity index is 1.74. The van der Waals surface area contributed by atoms with Crippen LogP contribution in [0.4, 0.5) is 35.1 Å². The van der Waals surface area contributed by atoms with Crippen LogP contribution in [-0.4, -0.2) is 28.3 Å². The number of aromatic nitrogens is 2. The highest BCUT2D eigenvalue weighted by Gasteiger charge is 2.40. The van der Waals surface area contributed by atoms with Crippen LogP contribution in [0.1, 0.15) is 28.9 Å². The number of carbonyl (C=O) groups is 1. The smallest absolute Gasteiger partial charge is 0.484 e. The lowest BCUT2D eigenvalue weighted by Gasteiger charge is -2.15. The average molecular weight is 522 g/mol. The van der Waals surface area contributed by atoms with Crippen molar-refractivity contribution in [2.24, 2.45) is 0 Å². The molecule has 36 heavy (non-hydrogen) atoms. The van der Waals surface area contributed by atoms with Crippen LogP contribution in [-0.2, 0) is 28.7 Å². The molecule has 5 nitrogen and oxygen atoms in total. The molecule has 0 spiro atoms. The van der Waals surface area contributed by atoms with Gasteiger partial charge in [-0.3, -0.25) is 4.98 Å². The van der Waals surface area contributed by atoms with E-state index in [9.17, 15) is 39.9 Å². The Bertz CT molecular complexity index is 1220. The van der Waals surface area contributed by atoms with Crippen molar-refractivity contribution in [1.82, 2.24) is 9.55 Å². The molecule has 0 radical (unpaired) electrons. The van der Waals surface area contributed by atoms with Gasteiger partial charge in [-0.15, -0.1) is 0 Å². The molecule has 13 heteroatoms. The fraction of sp³-hybridized carbons (Fsp3) is 0.304. The van der Waals surface area contributed by atoms with Gasteiger partial charge in [-0.1, -0.05) is 6.07 Å². The van der Waals surface area contributed by atoms with E-state index in [2.05, 4.69) is 9.72 Å². The van der Waals surface area contributed by atoms with E-state index in [1.807, 2.05) is 0 Å². The van der Waals surface area contributed by atoms with Gasteiger partial charge in [-0.25, -0.2) is 9.18 Å². The minimum absolute atomic E-state index is 0.231. The molecule has 0 saturated carbocycles. The van der Waals surface area contributed by atoms with Gasteiger partial charge in [0.05, 0.1) is 29.7 Å². The molecule has 0 bridgehead atoms. The molecule has 0 aliphatic carbocycles. The number of aryl methyl sites for hydroxylation is 2. The summed E-state index contributed by atoms with van der Waals surface area (Å²) >= 11 is 0. The van der Waals surface area contributed by atoms with Crippen LogP contribution < -0.4 is 4.74 Å². The maximum Gasteiger partial charge on any atom is 0.490 e. The Labute approximate surface area is 199 Å². The zero-order valence-electron chi connectivity index (χ0n) is 18.5. The molecule has 0 aliphatic heterocycles. The van der Waals surface area contributed by atoms with E-state index in [4.69, 9.17) is 4.74 Å². The first-order chi connectivity index (χ1) is 16.8. The summed E-state index contributed by atoms with van der Waals surface area (Å²) in [7, 11) is 0. The lowest BCUT2D eigenvalue weighted by molar-refractivity contribution is -0.199. The summed E-state index contributed by atoms with van der Waals surface area (Å²) in [6.45, 7) is 0.252. The lowest BCUT2D eigenvalue weighted by atomic mass is 10.1. The first kappa shape index (κ1) is 27.0. The maximum atomic E-state index is 14.5. The largest absolute Gasteiger partial charge is 0.490 e. The number of hydrogen-bond acceptors (Lipinski definition) is 4. The molecule has 194 valence electrons. The third kappa shape index (κ3) is 6.32. The molecule has 0 aliphatic rings. The standard InChI is InChI=1S/C23H18F8N2O3/c1-13-4-6-15(11-32-13)33-9-8-16(22(26,27)28)17(33)12-36-18-7-5-14(19(24)20(18)25)3-2-10-35-21(34)23(29,30)31/h4-9,11H,2-3,10,12H2,1H3. The topological polar surface area (TPSA) is 53.4 Å². The van der Waals surface area contributed by atoms with Gasteiger partial charge in [0.1, 0.15) is 6.61 Å². The summed E-state index contributed by atoms with van der Waals surface area (Å²) in [6.07, 6.45) is -7.91. The van der Waals surface area contributed by atoms with E-state index in [1.54, 1.807) is 13.0 Å². The number of halogens is 8. The zero-order chi connectivity index (χ0) is 26.7. The molecular formula is C23H18F8N2O3. The van der Waals surface area contributed by atoms with Gasteiger partial charge in [-0.2, -0.15) is 30.7 Å². The van der Waals surface area contributed by atoms with Crippen LogP contribution in [0, 0.1) is 18.6 Å². The summed E-state index contributed by atoms with van der Waals surface area (Å²) in [4.78, 5) is 14.7. The summed E-state index contributed by atoms with van der Waals surface area (Å²) in [6, 6.07) is 6.01. The molecular weight excluding hydrogens is 504 g/mol. The van der Waals surface area contributed by atoms with Crippen molar-refractivity contribution in [3.8, 4) is 11.4 Å². The third-order valence-corrected chi connectivity index (χ3v) is 5.02. The van der Waals surface area contributed by atoms with Gasteiger partial charge in [0.2, 0.25) is 5.82 Å². The lowest BCUT2D eigenvalue weighted by Crippen LogP contribution is -2.25. The van der Waals surface area contributed by atoms with Gasteiger partial charge in [-0.05, 0) is 49.6 Å². The number of ether oxygens (including phenoxy) is 2. The summed E-state index contributed by atoms with van der Waals surface area (Å²) in [5.74, 6) is -5.93. The maximum absolute atomic E-state index is 14.5. The quantitative estimate of drug-likeness (QED) is 0.204.